The molecule has 0 bridgehead atoms. The van der Waals surface area contributed by atoms with Gasteiger partial charge in [-0.25, -0.2) is 4.79 Å². The lowest BCUT2D eigenvalue weighted by molar-refractivity contribution is 0.137. The lowest BCUT2D eigenvalue weighted by atomic mass is 9.78. The van der Waals surface area contributed by atoms with Crippen LogP contribution in [0.5, 0.6) is 11.5 Å². The molecule has 0 spiro atoms. The summed E-state index contributed by atoms with van der Waals surface area (Å²) >= 11 is 6.68. The summed E-state index contributed by atoms with van der Waals surface area (Å²) in [5.41, 5.74) is 1.93. The Bertz CT molecular complexity index is 656. The molecule has 23 heavy (non-hydrogen) atoms. The van der Waals surface area contributed by atoms with Crippen molar-refractivity contribution in [3.05, 3.63) is 56.5 Å². The molecular weight excluding hydrogens is 432 g/mol. The first-order chi connectivity index (χ1) is 10.6. The Morgan fingerprint density at radius 1 is 0.870 bits per heavy atom. The molecule has 0 saturated heterocycles. The van der Waals surface area contributed by atoms with Gasteiger partial charge in [0.15, 0.2) is 0 Å². The van der Waals surface area contributed by atoms with Crippen LogP contribution in [-0.2, 0) is 5.41 Å². The van der Waals surface area contributed by atoms with Crippen molar-refractivity contribution in [2.75, 3.05) is 0 Å². The summed E-state index contributed by atoms with van der Waals surface area (Å²) in [6.45, 7) is 4.20. The number of hydrogen-bond acceptors (Lipinski definition) is 3. The predicted octanol–water partition coefficient (Wildman–Crippen LogP) is 5.17. The van der Waals surface area contributed by atoms with Gasteiger partial charge >= 0.3 is 6.16 Å². The second-order valence-corrected chi connectivity index (χ2v) is 6.95. The normalized spacial score (nSPS) is 10.6. The maximum absolute atomic E-state index is 9.57. The van der Waals surface area contributed by atoms with Crippen LogP contribution in [0.1, 0.15) is 25.0 Å². The minimum absolute atomic E-state index is 0.228. The van der Waals surface area contributed by atoms with Crippen molar-refractivity contribution < 1.29 is 25.2 Å². The zero-order valence-electron chi connectivity index (χ0n) is 12.4. The number of phenols is 2. The Morgan fingerprint density at radius 2 is 1.17 bits per heavy atom. The second kappa shape index (κ2) is 7.70. The lowest BCUT2D eigenvalue weighted by Gasteiger charge is -2.27. The number of hydrogen-bond donors (Lipinski definition) is 4. The first kappa shape index (κ1) is 19.3. The van der Waals surface area contributed by atoms with Crippen LogP contribution in [0.25, 0.3) is 0 Å². The maximum Gasteiger partial charge on any atom is 0.503 e. The van der Waals surface area contributed by atoms with E-state index in [2.05, 4.69) is 45.7 Å². The third kappa shape index (κ3) is 5.14. The van der Waals surface area contributed by atoms with E-state index in [1.54, 1.807) is 12.1 Å². The smallest absolute Gasteiger partial charge is 0.503 e. The molecule has 0 saturated carbocycles. The Kier molecular flexibility index (Phi) is 6.47. The van der Waals surface area contributed by atoms with Gasteiger partial charge in [-0.15, -0.1) is 0 Å². The highest BCUT2D eigenvalue weighted by molar-refractivity contribution is 9.10. The summed E-state index contributed by atoms with van der Waals surface area (Å²) < 4.78 is 1.35. The van der Waals surface area contributed by atoms with Gasteiger partial charge in [-0.05, 0) is 67.3 Å². The molecular formula is C16H16Br2O5. The van der Waals surface area contributed by atoms with Crippen molar-refractivity contribution in [1.82, 2.24) is 0 Å². The molecule has 2 rings (SSSR count). The first-order valence-corrected chi connectivity index (χ1v) is 8.04. The van der Waals surface area contributed by atoms with Crippen LogP contribution in [-0.4, -0.2) is 26.6 Å². The van der Waals surface area contributed by atoms with Crippen LogP contribution in [0.3, 0.4) is 0 Å². The molecule has 124 valence electrons. The van der Waals surface area contributed by atoms with Gasteiger partial charge < -0.3 is 20.4 Å². The highest BCUT2D eigenvalue weighted by atomic mass is 79.9. The van der Waals surface area contributed by atoms with Gasteiger partial charge in [0.1, 0.15) is 11.5 Å². The van der Waals surface area contributed by atoms with Gasteiger partial charge in [0.25, 0.3) is 0 Å². The summed E-state index contributed by atoms with van der Waals surface area (Å²) in [6.07, 6.45) is -1.83. The standard InChI is InChI=1S/C15H14Br2O2.CH2O3/c1-15(2,9-3-5-13(18)11(16)7-9)10-4-6-14(19)12(17)8-10;2-1(3)4/h3-8,18-19H,1-2H3;(H2,2,3,4). The minimum Gasteiger partial charge on any atom is -0.507 e. The number of aromatic hydroxyl groups is 2. The minimum atomic E-state index is -1.83. The molecule has 7 heteroatoms. The summed E-state index contributed by atoms with van der Waals surface area (Å²) in [6, 6.07) is 11.0. The van der Waals surface area contributed by atoms with E-state index in [1.165, 1.54) is 0 Å². The number of phenolic OH excluding ortho intramolecular Hbond substituents is 2. The molecule has 0 amide bonds. The molecule has 0 fully saturated rings. The van der Waals surface area contributed by atoms with Crippen molar-refractivity contribution in [1.29, 1.82) is 0 Å². The third-order valence-electron chi connectivity index (χ3n) is 3.34. The quantitative estimate of drug-likeness (QED) is 0.509. The molecule has 0 heterocycles. The van der Waals surface area contributed by atoms with E-state index in [-0.39, 0.29) is 16.9 Å². The SMILES string of the molecule is CC(C)(c1ccc(O)c(Br)c1)c1ccc(O)c(Br)c1.O=C(O)O. The Morgan fingerprint density at radius 3 is 1.43 bits per heavy atom. The van der Waals surface area contributed by atoms with E-state index in [0.717, 1.165) is 11.1 Å². The zero-order chi connectivity index (χ0) is 17.8. The van der Waals surface area contributed by atoms with E-state index in [0.29, 0.717) is 8.95 Å². The number of benzene rings is 2. The Balaban J connectivity index is 0.000000593. The maximum atomic E-state index is 9.57. The fraction of sp³-hybridized carbons (Fsp3) is 0.188. The predicted molar refractivity (Wildman–Crippen MR) is 94.4 cm³/mol. The number of carbonyl (C=O) groups is 1. The van der Waals surface area contributed by atoms with E-state index < -0.39 is 6.16 Å². The largest absolute Gasteiger partial charge is 0.507 e. The summed E-state index contributed by atoms with van der Waals surface area (Å²) in [4.78, 5) is 8.56. The van der Waals surface area contributed by atoms with Crippen LogP contribution in [0.4, 0.5) is 4.79 Å². The topological polar surface area (TPSA) is 98.0 Å². The highest BCUT2D eigenvalue weighted by Gasteiger charge is 2.24. The lowest BCUT2D eigenvalue weighted by Crippen LogP contribution is -2.18. The molecule has 5 nitrogen and oxygen atoms in total. The summed E-state index contributed by atoms with van der Waals surface area (Å²) in [5, 5.41) is 33.1. The van der Waals surface area contributed by atoms with E-state index >= 15 is 0 Å². The van der Waals surface area contributed by atoms with Crippen LogP contribution >= 0.6 is 31.9 Å². The van der Waals surface area contributed by atoms with Crippen molar-refractivity contribution in [3.8, 4) is 11.5 Å². The van der Waals surface area contributed by atoms with E-state index in [9.17, 15) is 10.2 Å². The molecule has 0 aliphatic heterocycles. The van der Waals surface area contributed by atoms with Crippen LogP contribution in [0.15, 0.2) is 45.3 Å². The monoisotopic (exact) mass is 446 g/mol. The molecule has 2 aromatic carbocycles. The Labute approximate surface area is 150 Å². The van der Waals surface area contributed by atoms with Crippen LogP contribution in [0.2, 0.25) is 0 Å². The molecule has 2 aromatic rings. The van der Waals surface area contributed by atoms with Crippen LogP contribution < -0.4 is 0 Å². The van der Waals surface area contributed by atoms with Gasteiger partial charge in [-0.1, -0.05) is 26.0 Å². The molecule has 0 aliphatic carbocycles. The van der Waals surface area contributed by atoms with Crippen molar-refractivity contribution in [2.24, 2.45) is 0 Å². The molecule has 0 unspecified atom stereocenters. The zero-order valence-corrected chi connectivity index (χ0v) is 15.6. The Hall–Kier alpha value is -1.73. The third-order valence-corrected chi connectivity index (χ3v) is 4.61. The summed E-state index contributed by atoms with van der Waals surface area (Å²) in [5.74, 6) is 0.456. The number of halogens is 2. The number of rotatable bonds is 2. The van der Waals surface area contributed by atoms with Gasteiger partial charge in [-0.3, -0.25) is 0 Å². The van der Waals surface area contributed by atoms with Crippen molar-refractivity contribution in [3.63, 3.8) is 0 Å². The first-order valence-electron chi connectivity index (χ1n) is 6.45. The fourth-order valence-corrected chi connectivity index (χ4v) is 2.72. The van der Waals surface area contributed by atoms with E-state index in [1.807, 2.05) is 24.3 Å². The van der Waals surface area contributed by atoms with Crippen molar-refractivity contribution in [2.45, 2.75) is 19.3 Å². The number of carboxylic acid groups (broad SMARTS) is 2. The molecule has 0 aromatic heterocycles. The molecule has 4 N–H and O–H groups in total. The van der Waals surface area contributed by atoms with E-state index in [4.69, 9.17) is 15.0 Å². The molecule has 0 aliphatic rings. The van der Waals surface area contributed by atoms with Crippen LogP contribution in [0, 0.1) is 0 Å². The van der Waals surface area contributed by atoms with Crippen molar-refractivity contribution >= 4 is 38.0 Å². The van der Waals surface area contributed by atoms with Gasteiger partial charge in [0.2, 0.25) is 0 Å². The fourth-order valence-electron chi connectivity index (χ4n) is 1.96. The van der Waals surface area contributed by atoms with Gasteiger partial charge in [0.05, 0.1) is 8.95 Å². The molecule has 0 atom stereocenters. The van der Waals surface area contributed by atoms with Gasteiger partial charge in [0, 0.05) is 5.41 Å². The average molecular weight is 448 g/mol. The average Bonchev–Trinajstić information content (AvgIpc) is 2.44. The second-order valence-electron chi connectivity index (χ2n) is 5.24. The highest BCUT2D eigenvalue weighted by Crippen LogP contribution is 2.37. The van der Waals surface area contributed by atoms with Gasteiger partial charge in [-0.2, -0.15) is 0 Å². The molecule has 0 radical (unpaired) electrons. The summed E-state index contributed by atoms with van der Waals surface area (Å²) in [7, 11) is 0.